The Morgan fingerprint density at radius 1 is 1.02 bits per heavy atom. The van der Waals surface area contributed by atoms with Crippen molar-refractivity contribution < 1.29 is 4.52 Å². The molecule has 0 aliphatic heterocycles. The molecule has 0 spiro atoms. The van der Waals surface area contributed by atoms with E-state index in [9.17, 15) is 0 Å². The Kier molecular flexibility index (Phi) is 7.78. The first kappa shape index (κ1) is 27.1. The topological polar surface area (TPSA) is 124 Å². The van der Waals surface area contributed by atoms with Gasteiger partial charge in [-0.3, -0.25) is 0 Å². The Morgan fingerprint density at radius 3 is 2.63 bits per heavy atom. The summed E-state index contributed by atoms with van der Waals surface area (Å²) >= 11 is 0. The lowest BCUT2D eigenvalue weighted by Crippen LogP contribution is -2.36. The van der Waals surface area contributed by atoms with Crippen LogP contribution in [0.2, 0.25) is 0 Å². The molecule has 11 nitrogen and oxygen atoms in total. The van der Waals surface area contributed by atoms with Gasteiger partial charge >= 0.3 is 0 Å². The van der Waals surface area contributed by atoms with Crippen molar-refractivity contribution in [1.82, 2.24) is 45.3 Å². The summed E-state index contributed by atoms with van der Waals surface area (Å²) in [4.78, 5) is 0. The summed E-state index contributed by atoms with van der Waals surface area (Å²) in [5.74, 6) is 3.04. The summed E-state index contributed by atoms with van der Waals surface area (Å²) in [7, 11) is 0. The van der Waals surface area contributed by atoms with Gasteiger partial charge in [0.05, 0.1) is 12.2 Å². The molecule has 11 heteroatoms. The first-order valence-electron chi connectivity index (χ1n) is 14.5. The third-order valence-electron chi connectivity index (χ3n) is 7.71. The molecule has 1 aliphatic rings. The molecular weight excluding hydrogens is 516 g/mol. The van der Waals surface area contributed by atoms with Crippen molar-refractivity contribution in [2.75, 3.05) is 25.0 Å². The maximum atomic E-state index is 5.13. The first-order valence-corrected chi connectivity index (χ1v) is 14.5. The highest BCUT2D eigenvalue weighted by atomic mass is 16.5. The van der Waals surface area contributed by atoms with Crippen molar-refractivity contribution in [3.8, 4) is 11.4 Å². The molecule has 0 bridgehead atoms. The summed E-state index contributed by atoms with van der Waals surface area (Å²) < 4.78 is 8.81. The minimum atomic E-state index is 0.0296. The van der Waals surface area contributed by atoms with Crippen LogP contribution in [0.1, 0.15) is 68.2 Å². The van der Waals surface area contributed by atoms with E-state index >= 15 is 0 Å². The van der Waals surface area contributed by atoms with E-state index in [1.165, 1.54) is 24.8 Å². The number of fused-ring (bicyclic) bond motifs is 1. The number of nitrogens with one attached hydrogen (secondary N) is 2. The molecule has 1 saturated carbocycles. The predicted molar refractivity (Wildman–Crippen MR) is 157 cm³/mol. The van der Waals surface area contributed by atoms with Crippen molar-refractivity contribution in [1.29, 1.82) is 0 Å². The standard InChI is InChI=1S/C30H38N10O/c1-21-15-25(37-41-21)18-39-17-24(33-38-39)13-8-14-31-19-30(2,3)20-32-28-26(22-11-7-12-22)16-27-34-35-29(40(27)36-28)23-9-5-4-6-10-23/h4-6,9-10,15-17,22,31H,7-8,11-14,18-20H2,1-3H3,(H,32,36). The summed E-state index contributed by atoms with van der Waals surface area (Å²) in [5.41, 5.74) is 4.93. The van der Waals surface area contributed by atoms with E-state index in [2.05, 4.69) is 56.2 Å². The van der Waals surface area contributed by atoms with Crippen molar-refractivity contribution in [3.05, 3.63) is 71.4 Å². The molecule has 4 heterocycles. The number of hydrogen-bond acceptors (Lipinski definition) is 9. The van der Waals surface area contributed by atoms with Gasteiger partial charge in [0, 0.05) is 36.5 Å². The Bertz CT molecular complexity index is 1580. The number of benzene rings is 1. The molecule has 0 atom stereocenters. The monoisotopic (exact) mass is 554 g/mol. The Balaban J connectivity index is 1.02. The minimum Gasteiger partial charge on any atom is -0.368 e. The summed E-state index contributed by atoms with van der Waals surface area (Å²) in [6.45, 7) is 9.62. The van der Waals surface area contributed by atoms with Gasteiger partial charge in [-0.2, -0.15) is 4.52 Å². The maximum absolute atomic E-state index is 5.13. The number of aromatic nitrogens is 8. The van der Waals surface area contributed by atoms with E-state index in [1.54, 1.807) is 4.68 Å². The molecule has 2 N–H and O–H groups in total. The fourth-order valence-electron chi connectivity index (χ4n) is 5.18. The SMILES string of the molecule is Cc1cc(Cn2cc(CCCNCC(C)(C)CNc3nn4c(-c5ccccc5)nnc4cc3C3CCC3)nn2)no1. The van der Waals surface area contributed by atoms with Crippen LogP contribution in [0.25, 0.3) is 17.0 Å². The molecule has 0 unspecified atom stereocenters. The van der Waals surface area contributed by atoms with E-state index in [0.29, 0.717) is 12.5 Å². The van der Waals surface area contributed by atoms with Gasteiger partial charge in [0.1, 0.15) is 11.5 Å². The van der Waals surface area contributed by atoms with Gasteiger partial charge in [0.2, 0.25) is 0 Å². The number of rotatable bonds is 13. The van der Waals surface area contributed by atoms with E-state index in [-0.39, 0.29) is 5.41 Å². The van der Waals surface area contributed by atoms with Gasteiger partial charge in [-0.15, -0.1) is 20.4 Å². The Morgan fingerprint density at radius 2 is 1.88 bits per heavy atom. The van der Waals surface area contributed by atoms with Crippen LogP contribution in [-0.4, -0.2) is 59.6 Å². The van der Waals surface area contributed by atoms with E-state index in [1.807, 2.05) is 54.0 Å². The second-order valence-electron chi connectivity index (χ2n) is 11.9. The van der Waals surface area contributed by atoms with Crippen molar-refractivity contribution in [2.45, 2.75) is 65.3 Å². The lowest BCUT2D eigenvalue weighted by atomic mass is 9.80. The number of aryl methyl sites for hydroxylation is 2. The lowest BCUT2D eigenvalue weighted by molar-refractivity contribution is 0.360. The lowest BCUT2D eigenvalue weighted by Gasteiger charge is -2.30. The van der Waals surface area contributed by atoms with Crippen LogP contribution < -0.4 is 10.6 Å². The average Bonchev–Trinajstić information content (AvgIpc) is 3.67. The molecule has 1 fully saturated rings. The molecule has 5 aromatic rings. The van der Waals surface area contributed by atoms with Crippen LogP contribution in [0.15, 0.2) is 53.2 Å². The van der Waals surface area contributed by atoms with E-state index in [4.69, 9.17) is 9.62 Å². The second kappa shape index (κ2) is 11.8. The molecule has 214 valence electrons. The zero-order chi connectivity index (χ0) is 28.2. The molecule has 0 saturated heterocycles. The fraction of sp³-hybridized carbons (Fsp3) is 0.467. The highest BCUT2D eigenvalue weighted by Gasteiger charge is 2.26. The maximum Gasteiger partial charge on any atom is 0.185 e. The largest absolute Gasteiger partial charge is 0.368 e. The van der Waals surface area contributed by atoms with Gasteiger partial charge in [-0.1, -0.05) is 61.0 Å². The van der Waals surface area contributed by atoms with Gasteiger partial charge < -0.3 is 15.2 Å². The van der Waals surface area contributed by atoms with Crippen LogP contribution in [-0.2, 0) is 13.0 Å². The molecule has 0 radical (unpaired) electrons. The third-order valence-corrected chi connectivity index (χ3v) is 7.71. The predicted octanol–water partition coefficient (Wildman–Crippen LogP) is 4.66. The number of anilines is 1. The van der Waals surface area contributed by atoms with Crippen LogP contribution in [0.5, 0.6) is 0 Å². The second-order valence-corrected chi connectivity index (χ2v) is 11.9. The molecular formula is C30H38N10O. The number of nitrogens with zero attached hydrogens (tertiary/aromatic N) is 8. The van der Waals surface area contributed by atoms with Crippen LogP contribution >= 0.6 is 0 Å². The summed E-state index contributed by atoms with van der Waals surface area (Å²) in [6.07, 6.45) is 7.52. The summed E-state index contributed by atoms with van der Waals surface area (Å²) in [6, 6.07) is 14.2. The van der Waals surface area contributed by atoms with Gasteiger partial charge in [0.15, 0.2) is 17.3 Å². The van der Waals surface area contributed by atoms with E-state index in [0.717, 1.165) is 72.5 Å². The van der Waals surface area contributed by atoms with Gasteiger partial charge in [0.25, 0.3) is 0 Å². The van der Waals surface area contributed by atoms with Crippen LogP contribution in [0.4, 0.5) is 5.82 Å². The quantitative estimate of drug-likeness (QED) is 0.200. The zero-order valence-corrected chi connectivity index (χ0v) is 24.0. The van der Waals surface area contributed by atoms with Gasteiger partial charge in [-0.05, 0) is 56.6 Å². The number of hydrogen-bond donors (Lipinski definition) is 2. The smallest absolute Gasteiger partial charge is 0.185 e. The van der Waals surface area contributed by atoms with Crippen molar-refractivity contribution >= 4 is 11.5 Å². The molecule has 0 amide bonds. The molecule has 4 aromatic heterocycles. The highest BCUT2D eigenvalue weighted by Crippen LogP contribution is 2.40. The van der Waals surface area contributed by atoms with Crippen molar-refractivity contribution in [3.63, 3.8) is 0 Å². The molecule has 6 rings (SSSR count). The Hall–Kier alpha value is -4.12. The Labute approximate surface area is 239 Å². The average molecular weight is 555 g/mol. The van der Waals surface area contributed by atoms with Gasteiger partial charge in [-0.25, -0.2) is 4.68 Å². The normalized spacial score (nSPS) is 14.0. The zero-order valence-electron chi connectivity index (χ0n) is 24.0. The van der Waals surface area contributed by atoms with Crippen LogP contribution in [0.3, 0.4) is 0 Å². The summed E-state index contributed by atoms with van der Waals surface area (Å²) in [5, 5.41) is 33.8. The molecule has 1 aliphatic carbocycles. The highest BCUT2D eigenvalue weighted by molar-refractivity contribution is 5.61. The van der Waals surface area contributed by atoms with E-state index < -0.39 is 0 Å². The van der Waals surface area contributed by atoms with Crippen LogP contribution in [0, 0.1) is 12.3 Å². The molecule has 1 aromatic carbocycles. The fourth-order valence-corrected chi connectivity index (χ4v) is 5.18. The van der Waals surface area contributed by atoms with Crippen molar-refractivity contribution in [2.24, 2.45) is 5.41 Å². The minimum absolute atomic E-state index is 0.0296. The molecule has 41 heavy (non-hydrogen) atoms. The third kappa shape index (κ3) is 6.45. The first-order chi connectivity index (χ1) is 19.9.